The number of rotatable bonds is 14. The molecule has 0 saturated heterocycles. The van der Waals surface area contributed by atoms with Crippen molar-refractivity contribution in [2.75, 3.05) is 32.1 Å². The Hall–Kier alpha value is -8.37. The minimum atomic E-state index is -1.31. The molecule has 6 amide bonds. The molecule has 1 saturated carbocycles. The molecule has 88 heavy (non-hydrogen) atoms. The molecule has 32 heteroatoms. The largest absolute Gasteiger partial charge is 0.481 e. The fraction of sp³-hybridized carbons (Fsp3) is 0.339. The number of anilines is 1. The van der Waals surface area contributed by atoms with E-state index in [0.717, 1.165) is 61.6 Å². The van der Waals surface area contributed by atoms with E-state index in [1.165, 1.54) is 36.3 Å². The number of carbonyl (C=O) groups is 8. The van der Waals surface area contributed by atoms with E-state index in [-0.39, 0.29) is 71.9 Å². The number of carboxylic acid groups (broad SMARTS) is 2. The number of aliphatic hydroxyl groups excluding tert-OH is 1. The number of aryl methyl sites for hydroxylation is 1. The lowest BCUT2D eigenvalue weighted by atomic mass is 9.82. The van der Waals surface area contributed by atoms with Crippen LogP contribution in [0, 0.1) is 18.8 Å². The Morgan fingerprint density at radius 1 is 0.716 bits per heavy atom. The van der Waals surface area contributed by atoms with Crippen molar-refractivity contribution in [3.8, 4) is 43.4 Å². The third-order valence-corrected chi connectivity index (χ3v) is 19.7. The van der Waals surface area contributed by atoms with Crippen LogP contribution in [-0.4, -0.2) is 131 Å². The van der Waals surface area contributed by atoms with Crippen LogP contribution in [0.4, 0.5) is 10.6 Å². The summed E-state index contributed by atoms with van der Waals surface area (Å²) in [5.74, 6) is -6.09. The van der Waals surface area contributed by atoms with Crippen molar-refractivity contribution in [3.05, 3.63) is 111 Å². The van der Waals surface area contributed by atoms with Crippen molar-refractivity contribution in [2.24, 2.45) is 11.8 Å². The normalized spacial score (nSPS) is 18.4. The summed E-state index contributed by atoms with van der Waals surface area (Å²) in [6.45, 7) is 4.56. The van der Waals surface area contributed by atoms with Gasteiger partial charge in [-0.25, -0.2) is 39.7 Å². The molecule has 10 rings (SSSR count). The van der Waals surface area contributed by atoms with Gasteiger partial charge in [0.15, 0.2) is 0 Å². The monoisotopic (exact) mass is 1310 g/mol. The summed E-state index contributed by atoms with van der Waals surface area (Å²) in [5, 5.41) is 53.4. The third kappa shape index (κ3) is 14.1. The van der Waals surface area contributed by atoms with E-state index < -0.39 is 96.8 Å². The van der Waals surface area contributed by atoms with Crippen LogP contribution < -0.4 is 31.5 Å². The van der Waals surface area contributed by atoms with Gasteiger partial charge in [0.25, 0.3) is 17.7 Å². The molecule has 7 aromatic heterocycles. The van der Waals surface area contributed by atoms with E-state index in [2.05, 4.69) is 36.6 Å². The van der Waals surface area contributed by atoms with Crippen LogP contribution in [-0.2, 0) is 35.3 Å². The van der Waals surface area contributed by atoms with Gasteiger partial charge in [0.05, 0.1) is 54.6 Å². The molecule has 1 aromatic carbocycles. The predicted molar refractivity (Wildman–Crippen MR) is 327 cm³/mol. The maximum absolute atomic E-state index is 14.4. The highest BCUT2D eigenvalue weighted by atomic mass is 32.1. The van der Waals surface area contributed by atoms with Gasteiger partial charge >= 0.3 is 18.0 Å². The molecule has 1 aliphatic heterocycles. The van der Waals surface area contributed by atoms with Crippen molar-refractivity contribution < 1.29 is 63.1 Å². The fourth-order valence-electron chi connectivity index (χ4n) is 9.28. The second kappa shape index (κ2) is 27.3. The van der Waals surface area contributed by atoms with Gasteiger partial charge in [0.1, 0.15) is 88.3 Å². The molecule has 4 atom stereocenters. The molecule has 2 aliphatic rings. The van der Waals surface area contributed by atoms with Crippen molar-refractivity contribution >= 4 is 121 Å². The minimum absolute atomic E-state index is 0.0169. The van der Waals surface area contributed by atoms with Crippen molar-refractivity contribution in [3.63, 3.8) is 0 Å². The molecule has 8 N–H and O–H groups in total. The van der Waals surface area contributed by atoms with Crippen LogP contribution in [0.1, 0.15) is 126 Å². The molecule has 8 aromatic rings. The third-order valence-electron chi connectivity index (χ3n) is 14.0. The molecule has 26 nitrogen and oxygen atoms in total. The highest BCUT2D eigenvalue weighted by Crippen LogP contribution is 2.41. The van der Waals surface area contributed by atoms with Gasteiger partial charge in [0.2, 0.25) is 11.8 Å². The summed E-state index contributed by atoms with van der Waals surface area (Å²) in [7, 11) is 2.91. The molecule has 1 aliphatic carbocycles. The number of carboxylic acids is 2. The van der Waals surface area contributed by atoms with Crippen LogP contribution in [0.2, 0.25) is 0 Å². The smallest absolute Gasteiger partial charge is 0.415 e. The quantitative estimate of drug-likeness (QED) is 0.0519. The van der Waals surface area contributed by atoms with Crippen LogP contribution >= 0.6 is 68.0 Å². The summed E-state index contributed by atoms with van der Waals surface area (Å²) >= 11 is 6.86. The maximum Gasteiger partial charge on any atom is 0.415 e. The maximum atomic E-state index is 14.4. The zero-order valence-corrected chi connectivity index (χ0v) is 52.2. The Labute approximate surface area is 524 Å². The van der Waals surface area contributed by atoms with Gasteiger partial charge in [-0.1, -0.05) is 44.2 Å². The molecule has 0 radical (unpaired) electrons. The van der Waals surface area contributed by atoms with E-state index in [4.69, 9.17) is 34.4 Å². The first-order chi connectivity index (χ1) is 42.2. The first-order valence-electron chi connectivity index (χ1n) is 27.1. The van der Waals surface area contributed by atoms with Gasteiger partial charge in [-0.2, -0.15) is 0 Å². The summed E-state index contributed by atoms with van der Waals surface area (Å²) in [4.78, 5) is 142. The van der Waals surface area contributed by atoms with Gasteiger partial charge in [0, 0.05) is 52.7 Å². The van der Waals surface area contributed by atoms with E-state index >= 15 is 0 Å². The van der Waals surface area contributed by atoms with Crippen LogP contribution in [0.3, 0.4) is 0 Å². The van der Waals surface area contributed by atoms with Crippen LogP contribution in [0.25, 0.3) is 43.4 Å². The van der Waals surface area contributed by atoms with E-state index in [9.17, 15) is 53.7 Å². The Bertz CT molecular complexity index is 3940. The van der Waals surface area contributed by atoms with Crippen molar-refractivity contribution in [1.82, 2.24) is 61.5 Å². The van der Waals surface area contributed by atoms with Gasteiger partial charge in [-0.3, -0.25) is 38.5 Å². The lowest BCUT2D eigenvalue weighted by Crippen LogP contribution is -2.42. The average molecular weight is 1310 g/mol. The number of aliphatic hydroxyl groups is 1. The molecule has 10 bridgehead atoms. The summed E-state index contributed by atoms with van der Waals surface area (Å²) < 4.78 is 11.0. The number of amides is 6. The number of benzene rings is 1. The molecule has 0 spiro atoms. The second-order valence-corrected chi connectivity index (χ2v) is 26.3. The molecular formula is C56H55N13O13S6. The van der Waals surface area contributed by atoms with Gasteiger partial charge < -0.3 is 51.4 Å². The van der Waals surface area contributed by atoms with Crippen LogP contribution in [0.5, 0.6) is 0 Å². The fourth-order valence-corrected chi connectivity index (χ4v) is 14.8. The molecular weight excluding hydrogens is 1260 g/mol. The average Bonchev–Trinajstić information content (AvgIpc) is 3.40. The first-order valence-corrected chi connectivity index (χ1v) is 32.3. The Morgan fingerprint density at radius 2 is 1.42 bits per heavy atom. The predicted octanol–water partition coefficient (Wildman–Crippen LogP) is 7.59. The van der Waals surface area contributed by atoms with Crippen molar-refractivity contribution in [2.45, 2.75) is 83.4 Å². The highest BCUT2D eigenvalue weighted by Gasteiger charge is 2.39. The number of nitrogens with zero attached hydrogens (tertiary/aromatic N) is 8. The SMILES string of the molecule is CNC(=O)C[C@@H]1NC(=O)c2csc(n2)-c2ccc(-c3nc(N(CCC(=O)O)C(=O)O[C@H]4C[C@H](C(=O)O)C4)cs3)nc2-c2csc(n2)-c2csc(n2)[C@H]([C@@H](O)c2ccccc2)NC(=O)CNC(=O)c2nc(sc2COC)C(C(C)C)NC(=O)c2nc1sc2C. The molecule has 1 unspecified atom stereocenters. The standard InChI is InChI=1S/C56H55N13O13S6/c1-24(2)40-54-68-43(35(88-54)19-81-5)47(76)58-18-38(71)65-44(45(74)26-9-7-6-8-10-26)53-63-34(22-85-53)51-61-32(20-84-51)42-29(49-62-33(21-83-49)46(75)60-31(17-37(70)57-4)52-67-41(25(3)87-52)48(77)66-40)11-12-30(59-42)50-64-36(23-86-50)69(14-13-39(72)73)56(80)82-28-15-27(16-28)55(78)79/h6-12,20-24,27-28,31,40,44-45,74H,13-19H2,1-5H3,(H,57,70)(H,58,76)(H,60,75)(H,65,71)(H,66,77)(H,72,73)(H,78,79)/t27-,28-,31-,40?,44-,45-/m0/s1. The van der Waals surface area contributed by atoms with E-state index in [1.807, 2.05) is 13.8 Å². The lowest BCUT2D eigenvalue weighted by molar-refractivity contribution is -0.148. The van der Waals surface area contributed by atoms with Crippen LogP contribution in [0.15, 0.2) is 64.0 Å². The van der Waals surface area contributed by atoms with Crippen molar-refractivity contribution in [1.29, 1.82) is 0 Å². The minimum Gasteiger partial charge on any atom is -0.481 e. The van der Waals surface area contributed by atoms with Gasteiger partial charge in [-0.05, 0) is 43.4 Å². The number of hydrogen-bond acceptors (Lipinski definition) is 24. The number of aliphatic carboxylic acids is 2. The second-order valence-electron chi connectivity index (χ2n) is 20.5. The Balaban J connectivity index is 1.04. The van der Waals surface area contributed by atoms with E-state index in [1.54, 1.807) is 60.1 Å². The summed E-state index contributed by atoms with van der Waals surface area (Å²) in [5.41, 5.74) is 2.16. The topological polar surface area (TPSA) is 369 Å². The molecule has 458 valence electrons. The zero-order valence-electron chi connectivity index (χ0n) is 47.3. The highest BCUT2D eigenvalue weighted by molar-refractivity contribution is 7.15. The Kier molecular flexibility index (Phi) is 19.5. The summed E-state index contributed by atoms with van der Waals surface area (Å²) in [6.07, 6.45) is -3.37. The number of nitrogens with one attached hydrogen (secondary N) is 5. The zero-order chi connectivity index (χ0) is 62.5. The number of carbonyl (C=O) groups excluding carboxylic acids is 6. The molecule has 1 fully saturated rings. The number of thiazole rings is 6. The number of hydrogen-bond donors (Lipinski definition) is 8. The number of methoxy groups -OCH3 is 1. The summed E-state index contributed by atoms with van der Waals surface area (Å²) in [6, 6.07) is 9.13. The first kappa shape index (κ1) is 62.7. The number of aromatic nitrogens is 7. The Morgan fingerprint density at radius 3 is 2.15 bits per heavy atom. The number of pyridine rings is 1. The van der Waals surface area contributed by atoms with E-state index in [0.29, 0.717) is 63.0 Å². The lowest BCUT2D eigenvalue weighted by Gasteiger charge is -2.33. The molecule has 8 heterocycles. The number of fused-ring (bicyclic) bond motifs is 14. The van der Waals surface area contributed by atoms with Gasteiger partial charge in [-0.15, -0.1) is 68.0 Å². The number of ether oxygens (including phenoxy) is 2.